The van der Waals surface area contributed by atoms with Gasteiger partial charge in [0.25, 0.3) is 0 Å². The Kier molecular flexibility index (Phi) is 6.24. The summed E-state index contributed by atoms with van der Waals surface area (Å²) in [4.78, 5) is 0. The van der Waals surface area contributed by atoms with E-state index in [9.17, 15) is 5.11 Å². The average molecular weight is 459 g/mol. The third-order valence-corrected chi connectivity index (χ3v) is 5.62. The van der Waals surface area contributed by atoms with Gasteiger partial charge in [0.2, 0.25) is 0 Å². The number of ether oxygens (including phenoxy) is 1. The molecule has 0 unspecified atom stereocenters. The minimum absolute atomic E-state index is 0.124. The van der Waals surface area contributed by atoms with E-state index in [1.54, 1.807) is 12.1 Å². The third kappa shape index (κ3) is 4.59. The number of fused-ring (bicyclic) bond motifs is 1. The number of phenols is 1. The molecule has 0 aliphatic carbocycles. The molecule has 3 nitrogen and oxygen atoms in total. The molecule has 2 N–H and O–H groups in total. The van der Waals surface area contributed by atoms with Gasteiger partial charge in [-0.1, -0.05) is 77.3 Å². The number of benzene rings is 4. The van der Waals surface area contributed by atoms with E-state index in [0.717, 1.165) is 27.6 Å². The maximum absolute atomic E-state index is 9.78. The Morgan fingerprint density at radius 3 is 2.27 bits per heavy atom. The van der Waals surface area contributed by atoms with Crippen LogP contribution in [0, 0.1) is 0 Å². The number of hydrogen-bond acceptors (Lipinski definition) is 3. The normalized spacial score (nSPS) is 10.9. The van der Waals surface area contributed by atoms with Crippen molar-refractivity contribution in [1.29, 1.82) is 0 Å². The van der Waals surface area contributed by atoms with Crippen LogP contribution in [0.25, 0.3) is 10.8 Å². The van der Waals surface area contributed by atoms with Crippen LogP contribution in [0.5, 0.6) is 11.5 Å². The van der Waals surface area contributed by atoms with E-state index in [2.05, 4.69) is 17.4 Å². The summed E-state index contributed by atoms with van der Waals surface area (Å²) in [5, 5.41) is 16.4. The van der Waals surface area contributed by atoms with Gasteiger partial charge in [-0.3, -0.25) is 0 Å². The Labute approximate surface area is 189 Å². The molecular formula is C24H18Cl3NO2. The van der Waals surface area contributed by atoms with Crippen LogP contribution in [0.3, 0.4) is 0 Å². The number of hydrogen-bond donors (Lipinski definition) is 2. The van der Waals surface area contributed by atoms with Crippen LogP contribution in [-0.4, -0.2) is 5.11 Å². The highest BCUT2D eigenvalue weighted by molar-refractivity contribution is 6.37. The zero-order valence-corrected chi connectivity index (χ0v) is 18.1. The van der Waals surface area contributed by atoms with Crippen LogP contribution in [0.1, 0.15) is 11.1 Å². The summed E-state index contributed by atoms with van der Waals surface area (Å²) in [7, 11) is 0. The molecule has 4 aromatic rings. The molecule has 0 spiro atoms. The molecule has 6 heteroatoms. The first kappa shape index (κ1) is 20.7. The molecule has 0 saturated heterocycles. The van der Waals surface area contributed by atoms with Gasteiger partial charge in [-0.2, -0.15) is 0 Å². The molecule has 0 amide bonds. The number of aromatic hydroxyl groups is 1. The minimum atomic E-state index is -0.124. The number of phenolic OH excluding ortho intramolecular Hbond substituents is 1. The molecule has 4 rings (SSSR count). The first-order chi connectivity index (χ1) is 14.5. The van der Waals surface area contributed by atoms with Crippen molar-refractivity contribution in [2.75, 3.05) is 5.32 Å². The predicted molar refractivity (Wildman–Crippen MR) is 125 cm³/mol. The SMILES string of the molecule is Oc1c(Cl)cc(NCc2c(OCc3ccc(Cl)cc3)ccc3ccccc23)cc1Cl. The van der Waals surface area contributed by atoms with Gasteiger partial charge in [-0.25, -0.2) is 0 Å². The van der Waals surface area contributed by atoms with Crippen molar-refractivity contribution < 1.29 is 9.84 Å². The standard InChI is InChI=1S/C24H18Cl3NO2/c25-17-8-5-15(6-9-17)14-30-23-10-7-16-3-1-2-4-19(16)20(23)13-28-18-11-21(26)24(29)22(27)12-18/h1-12,28-29H,13-14H2. The van der Waals surface area contributed by atoms with Crippen LogP contribution in [0.15, 0.2) is 72.8 Å². The molecule has 0 aromatic heterocycles. The van der Waals surface area contributed by atoms with Crippen molar-refractivity contribution in [3.8, 4) is 11.5 Å². The van der Waals surface area contributed by atoms with E-state index in [1.807, 2.05) is 48.5 Å². The van der Waals surface area contributed by atoms with Gasteiger partial charge in [-0.05, 0) is 46.7 Å². The number of nitrogens with one attached hydrogen (secondary N) is 1. The van der Waals surface area contributed by atoms with Gasteiger partial charge in [0, 0.05) is 22.8 Å². The summed E-state index contributed by atoms with van der Waals surface area (Å²) in [6.45, 7) is 0.925. The fourth-order valence-electron chi connectivity index (χ4n) is 3.23. The first-order valence-corrected chi connectivity index (χ1v) is 10.4. The summed E-state index contributed by atoms with van der Waals surface area (Å²) in [5.74, 6) is 0.660. The Bertz CT molecular complexity index is 1170. The molecule has 30 heavy (non-hydrogen) atoms. The topological polar surface area (TPSA) is 41.5 Å². The van der Waals surface area contributed by atoms with Gasteiger partial charge in [0.15, 0.2) is 5.75 Å². The van der Waals surface area contributed by atoms with Crippen molar-refractivity contribution in [2.24, 2.45) is 0 Å². The van der Waals surface area contributed by atoms with Crippen molar-refractivity contribution >= 4 is 51.3 Å². The molecule has 0 saturated carbocycles. The van der Waals surface area contributed by atoms with Crippen LogP contribution in [0.2, 0.25) is 15.1 Å². The highest BCUT2D eigenvalue weighted by Gasteiger charge is 2.11. The average Bonchev–Trinajstić information content (AvgIpc) is 2.75. The lowest BCUT2D eigenvalue weighted by Gasteiger charge is -2.16. The smallest absolute Gasteiger partial charge is 0.152 e. The number of anilines is 1. The summed E-state index contributed by atoms with van der Waals surface area (Å²) in [6.07, 6.45) is 0. The highest BCUT2D eigenvalue weighted by atomic mass is 35.5. The number of rotatable bonds is 6. The third-order valence-electron chi connectivity index (χ3n) is 4.79. The maximum Gasteiger partial charge on any atom is 0.152 e. The first-order valence-electron chi connectivity index (χ1n) is 9.31. The lowest BCUT2D eigenvalue weighted by molar-refractivity contribution is 0.304. The van der Waals surface area contributed by atoms with E-state index in [0.29, 0.717) is 23.9 Å². The summed E-state index contributed by atoms with van der Waals surface area (Å²) >= 11 is 18.1. The maximum atomic E-state index is 9.78. The largest absolute Gasteiger partial charge is 0.505 e. The summed E-state index contributed by atoms with van der Waals surface area (Å²) in [6, 6.07) is 23.0. The fraction of sp³-hybridized carbons (Fsp3) is 0.0833. The van der Waals surface area contributed by atoms with E-state index < -0.39 is 0 Å². The Morgan fingerprint density at radius 2 is 1.53 bits per heavy atom. The zero-order chi connectivity index (χ0) is 21.1. The molecule has 0 heterocycles. The molecule has 0 aliphatic heterocycles. The molecule has 4 aromatic carbocycles. The lowest BCUT2D eigenvalue weighted by atomic mass is 10.0. The van der Waals surface area contributed by atoms with Crippen molar-refractivity contribution in [3.05, 3.63) is 99.0 Å². The van der Waals surface area contributed by atoms with Crippen LogP contribution in [0.4, 0.5) is 5.69 Å². The Hall–Kier alpha value is -2.59. The van der Waals surface area contributed by atoms with Gasteiger partial charge < -0.3 is 15.2 Å². The van der Waals surface area contributed by atoms with Crippen molar-refractivity contribution in [1.82, 2.24) is 0 Å². The van der Waals surface area contributed by atoms with E-state index in [4.69, 9.17) is 39.5 Å². The fourth-order valence-corrected chi connectivity index (χ4v) is 3.85. The predicted octanol–water partition coefficient (Wildman–Crippen LogP) is 7.70. The second-order valence-electron chi connectivity index (χ2n) is 6.82. The van der Waals surface area contributed by atoms with E-state index in [1.165, 1.54) is 0 Å². The Morgan fingerprint density at radius 1 is 0.833 bits per heavy atom. The minimum Gasteiger partial charge on any atom is -0.505 e. The molecule has 0 fully saturated rings. The number of halogens is 3. The molecule has 0 atom stereocenters. The summed E-state index contributed by atoms with van der Waals surface area (Å²) < 4.78 is 6.15. The molecule has 0 radical (unpaired) electrons. The van der Waals surface area contributed by atoms with Crippen molar-refractivity contribution in [3.63, 3.8) is 0 Å². The second-order valence-corrected chi connectivity index (χ2v) is 8.07. The molecular weight excluding hydrogens is 441 g/mol. The van der Waals surface area contributed by atoms with Gasteiger partial charge in [0.05, 0.1) is 10.0 Å². The molecule has 0 aliphatic rings. The van der Waals surface area contributed by atoms with Gasteiger partial charge in [-0.15, -0.1) is 0 Å². The van der Waals surface area contributed by atoms with Crippen LogP contribution in [-0.2, 0) is 13.2 Å². The monoisotopic (exact) mass is 457 g/mol. The van der Waals surface area contributed by atoms with Gasteiger partial charge in [0.1, 0.15) is 12.4 Å². The Balaban J connectivity index is 1.62. The zero-order valence-electron chi connectivity index (χ0n) is 15.8. The van der Waals surface area contributed by atoms with Gasteiger partial charge >= 0.3 is 0 Å². The van der Waals surface area contributed by atoms with Crippen LogP contribution < -0.4 is 10.1 Å². The molecule has 0 bridgehead atoms. The molecule has 152 valence electrons. The quantitative estimate of drug-likeness (QED) is 0.291. The lowest BCUT2D eigenvalue weighted by Crippen LogP contribution is -2.05. The van der Waals surface area contributed by atoms with E-state index >= 15 is 0 Å². The second kappa shape index (κ2) is 9.05. The highest BCUT2D eigenvalue weighted by Crippen LogP contribution is 2.35. The van der Waals surface area contributed by atoms with E-state index in [-0.39, 0.29) is 15.8 Å². The van der Waals surface area contributed by atoms with Crippen molar-refractivity contribution in [2.45, 2.75) is 13.2 Å². The summed E-state index contributed by atoms with van der Waals surface area (Å²) in [5.41, 5.74) is 2.75. The van der Waals surface area contributed by atoms with Crippen LogP contribution >= 0.6 is 34.8 Å².